The largest absolute Gasteiger partial charge is 0.382 e. The van der Waals surface area contributed by atoms with Crippen LogP contribution in [-0.4, -0.2) is 9.97 Å². The fourth-order valence-electron chi connectivity index (χ4n) is 1.13. The third kappa shape index (κ3) is 2.62. The number of halogens is 2. The van der Waals surface area contributed by atoms with Crippen LogP contribution in [-0.2, 0) is 0 Å². The van der Waals surface area contributed by atoms with Crippen molar-refractivity contribution >= 4 is 44.9 Å². The number of benzene rings is 1. The first-order valence-electron chi connectivity index (χ1n) is 4.45. The smallest absolute Gasteiger partial charge is 0.149 e. The summed E-state index contributed by atoms with van der Waals surface area (Å²) in [6.07, 6.45) is 3.03. The number of nitrogens with zero attached hydrogens (tertiary/aromatic N) is 2. The zero-order valence-electron chi connectivity index (χ0n) is 8.11. The summed E-state index contributed by atoms with van der Waals surface area (Å²) in [6, 6.07) is 5.52. The third-order valence-corrected chi connectivity index (χ3v) is 2.69. The van der Waals surface area contributed by atoms with Gasteiger partial charge in [0.1, 0.15) is 11.6 Å². The van der Waals surface area contributed by atoms with Crippen LogP contribution < -0.4 is 11.1 Å². The van der Waals surface area contributed by atoms with Crippen LogP contribution in [0.25, 0.3) is 0 Å². The Balaban J connectivity index is 2.26. The van der Waals surface area contributed by atoms with E-state index in [1.807, 2.05) is 12.1 Å². The van der Waals surface area contributed by atoms with E-state index in [0.29, 0.717) is 16.7 Å². The van der Waals surface area contributed by atoms with Crippen LogP contribution in [0.5, 0.6) is 0 Å². The molecule has 2 aromatic rings. The van der Waals surface area contributed by atoms with Crippen molar-refractivity contribution in [1.82, 2.24) is 9.97 Å². The molecule has 3 N–H and O–H groups in total. The van der Waals surface area contributed by atoms with Crippen molar-refractivity contribution in [3.05, 3.63) is 40.1 Å². The van der Waals surface area contributed by atoms with Crippen LogP contribution in [0.15, 0.2) is 35.1 Å². The molecule has 0 aliphatic rings. The molecule has 0 aliphatic heterocycles. The summed E-state index contributed by atoms with van der Waals surface area (Å²) in [7, 11) is 0. The molecule has 0 fully saturated rings. The molecule has 4 nitrogen and oxygen atoms in total. The van der Waals surface area contributed by atoms with E-state index >= 15 is 0 Å². The highest BCUT2D eigenvalue weighted by atomic mass is 79.9. The Morgan fingerprint density at radius 1 is 1.25 bits per heavy atom. The number of hydrogen-bond donors (Lipinski definition) is 2. The zero-order valence-corrected chi connectivity index (χ0v) is 10.5. The van der Waals surface area contributed by atoms with Crippen molar-refractivity contribution in [3.8, 4) is 0 Å². The van der Waals surface area contributed by atoms with E-state index in [4.69, 9.17) is 17.3 Å². The third-order valence-electron chi connectivity index (χ3n) is 1.86. The lowest BCUT2D eigenvalue weighted by Gasteiger charge is -2.07. The molecule has 82 valence electrons. The fourth-order valence-corrected chi connectivity index (χ4v) is 1.66. The molecular weight excluding hydrogens is 291 g/mol. The summed E-state index contributed by atoms with van der Waals surface area (Å²) < 4.78 is 0.933. The van der Waals surface area contributed by atoms with Gasteiger partial charge in [0.05, 0.1) is 23.1 Å². The standard InChI is InChI=1S/C10H8BrClN4/c11-6-1-2-7(12)8(3-6)16-10-5-14-9(13)4-15-10/h1-5H,(H2,13,14)(H,15,16). The molecule has 0 amide bonds. The number of hydrogen-bond acceptors (Lipinski definition) is 4. The Morgan fingerprint density at radius 2 is 2.06 bits per heavy atom. The van der Waals surface area contributed by atoms with Gasteiger partial charge in [-0.1, -0.05) is 27.5 Å². The van der Waals surface area contributed by atoms with Crippen LogP contribution in [0, 0.1) is 0 Å². The van der Waals surface area contributed by atoms with Crippen LogP contribution >= 0.6 is 27.5 Å². The minimum Gasteiger partial charge on any atom is -0.382 e. The van der Waals surface area contributed by atoms with Crippen LogP contribution in [0.1, 0.15) is 0 Å². The molecule has 1 aromatic heterocycles. The summed E-state index contributed by atoms with van der Waals surface area (Å²) in [5.41, 5.74) is 6.20. The summed E-state index contributed by atoms with van der Waals surface area (Å²) >= 11 is 9.39. The molecule has 0 bridgehead atoms. The van der Waals surface area contributed by atoms with E-state index in [-0.39, 0.29) is 0 Å². The van der Waals surface area contributed by atoms with Gasteiger partial charge < -0.3 is 11.1 Å². The summed E-state index contributed by atoms with van der Waals surface area (Å²) in [5, 5.41) is 3.66. The molecule has 1 heterocycles. The van der Waals surface area contributed by atoms with E-state index in [1.54, 1.807) is 12.3 Å². The number of nitrogen functional groups attached to an aromatic ring is 1. The summed E-state index contributed by atoms with van der Waals surface area (Å²) in [4.78, 5) is 8.00. The van der Waals surface area contributed by atoms with Crippen molar-refractivity contribution in [2.24, 2.45) is 0 Å². The lowest BCUT2D eigenvalue weighted by Crippen LogP contribution is -1.97. The average Bonchev–Trinajstić information content (AvgIpc) is 2.27. The van der Waals surface area contributed by atoms with Gasteiger partial charge in [-0.3, -0.25) is 0 Å². The number of nitrogens with one attached hydrogen (secondary N) is 1. The Bertz CT molecular complexity index is 501. The highest BCUT2D eigenvalue weighted by Gasteiger charge is 2.02. The molecule has 1 aromatic carbocycles. The second kappa shape index (κ2) is 4.67. The van der Waals surface area contributed by atoms with Crippen molar-refractivity contribution in [2.75, 3.05) is 11.1 Å². The maximum atomic E-state index is 6.02. The minimum atomic E-state index is 0.380. The van der Waals surface area contributed by atoms with E-state index in [2.05, 4.69) is 31.2 Å². The van der Waals surface area contributed by atoms with Gasteiger partial charge in [-0.2, -0.15) is 0 Å². The van der Waals surface area contributed by atoms with Gasteiger partial charge in [-0.25, -0.2) is 9.97 Å². The van der Waals surface area contributed by atoms with E-state index in [1.165, 1.54) is 6.20 Å². The Morgan fingerprint density at radius 3 is 2.75 bits per heavy atom. The monoisotopic (exact) mass is 298 g/mol. The van der Waals surface area contributed by atoms with Crippen LogP contribution in [0.4, 0.5) is 17.3 Å². The Kier molecular flexibility index (Phi) is 3.26. The molecule has 0 spiro atoms. The van der Waals surface area contributed by atoms with Gasteiger partial charge in [0.25, 0.3) is 0 Å². The van der Waals surface area contributed by atoms with Gasteiger partial charge in [0.2, 0.25) is 0 Å². The van der Waals surface area contributed by atoms with Crippen molar-refractivity contribution in [3.63, 3.8) is 0 Å². The van der Waals surface area contributed by atoms with Crippen LogP contribution in [0.3, 0.4) is 0 Å². The zero-order chi connectivity index (χ0) is 11.5. The molecule has 0 saturated heterocycles. The Hall–Kier alpha value is -1.33. The summed E-state index contributed by atoms with van der Waals surface area (Å²) in [6.45, 7) is 0. The predicted octanol–water partition coefficient (Wildman–Crippen LogP) is 3.22. The maximum absolute atomic E-state index is 6.02. The maximum Gasteiger partial charge on any atom is 0.149 e. The van der Waals surface area contributed by atoms with E-state index in [9.17, 15) is 0 Å². The van der Waals surface area contributed by atoms with Gasteiger partial charge in [-0.15, -0.1) is 0 Å². The highest BCUT2D eigenvalue weighted by Crippen LogP contribution is 2.27. The topological polar surface area (TPSA) is 63.8 Å². The summed E-state index contributed by atoms with van der Waals surface area (Å²) in [5.74, 6) is 0.972. The lowest BCUT2D eigenvalue weighted by atomic mass is 10.3. The molecule has 0 saturated carbocycles. The number of nitrogens with two attached hydrogens (primary N) is 1. The fraction of sp³-hybridized carbons (Fsp3) is 0. The second-order valence-corrected chi connectivity index (χ2v) is 4.40. The normalized spacial score (nSPS) is 10.1. The molecule has 0 atom stereocenters. The minimum absolute atomic E-state index is 0.380. The van der Waals surface area contributed by atoms with E-state index in [0.717, 1.165) is 10.2 Å². The molecule has 0 aliphatic carbocycles. The quantitative estimate of drug-likeness (QED) is 0.893. The predicted molar refractivity (Wildman–Crippen MR) is 68.9 cm³/mol. The van der Waals surface area contributed by atoms with Gasteiger partial charge in [0, 0.05) is 4.47 Å². The number of rotatable bonds is 2. The van der Waals surface area contributed by atoms with Gasteiger partial charge >= 0.3 is 0 Å². The second-order valence-electron chi connectivity index (χ2n) is 3.08. The first kappa shape index (κ1) is 11.2. The number of aromatic nitrogens is 2. The molecule has 0 unspecified atom stereocenters. The highest BCUT2D eigenvalue weighted by molar-refractivity contribution is 9.10. The number of anilines is 3. The molecular formula is C10H8BrClN4. The Labute approximate surface area is 106 Å². The SMILES string of the molecule is Nc1cnc(Nc2cc(Br)ccc2Cl)cn1. The van der Waals surface area contributed by atoms with Crippen LogP contribution in [0.2, 0.25) is 5.02 Å². The first-order valence-corrected chi connectivity index (χ1v) is 5.62. The van der Waals surface area contributed by atoms with E-state index < -0.39 is 0 Å². The molecule has 0 radical (unpaired) electrons. The van der Waals surface area contributed by atoms with Crippen molar-refractivity contribution in [2.45, 2.75) is 0 Å². The molecule has 6 heteroatoms. The van der Waals surface area contributed by atoms with Gasteiger partial charge in [-0.05, 0) is 18.2 Å². The van der Waals surface area contributed by atoms with Crippen molar-refractivity contribution in [1.29, 1.82) is 0 Å². The van der Waals surface area contributed by atoms with Crippen molar-refractivity contribution < 1.29 is 0 Å². The molecule has 16 heavy (non-hydrogen) atoms. The molecule has 2 rings (SSSR count). The lowest BCUT2D eigenvalue weighted by molar-refractivity contribution is 1.21. The first-order chi connectivity index (χ1) is 7.65. The average molecular weight is 300 g/mol. The van der Waals surface area contributed by atoms with Gasteiger partial charge in [0.15, 0.2) is 0 Å².